The summed E-state index contributed by atoms with van der Waals surface area (Å²) in [5, 5.41) is 11.1. The molecule has 1 saturated heterocycles. The number of aliphatic hydroxyl groups excluding tert-OH is 1. The summed E-state index contributed by atoms with van der Waals surface area (Å²) in [5.41, 5.74) is 1.89. The number of nitrogens with zero attached hydrogens (tertiary/aromatic N) is 3. The molecule has 7 nitrogen and oxygen atoms in total. The van der Waals surface area contributed by atoms with Crippen LogP contribution in [0.15, 0.2) is 78.9 Å². The van der Waals surface area contributed by atoms with Crippen LogP contribution in [0.25, 0.3) is 5.76 Å². The fourth-order valence-corrected chi connectivity index (χ4v) is 3.67. The Bertz CT molecular complexity index is 1130. The van der Waals surface area contributed by atoms with Gasteiger partial charge in [0.2, 0.25) is 0 Å². The van der Waals surface area contributed by atoms with Crippen molar-refractivity contribution in [2.75, 3.05) is 6.61 Å². The number of amides is 1. The van der Waals surface area contributed by atoms with Crippen molar-refractivity contribution in [3.05, 3.63) is 95.6 Å². The van der Waals surface area contributed by atoms with E-state index in [1.54, 1.807) is 73.3 Å². The Morgan fingerprint density at radius 2 is 1.87 bits per heavy atom. The highest BCUT2D eigenvalue weighted by Gasteiger charge is 2.46. The zero-order valence-corrected chi connectivity index (χ0v) is 16.9. The number of aliphatic hydroxyl groups is 1. The minimum absolute atomic E-state index is 0.0284. The quantitative estimate of drug-likeness (QED) is 0.376. The Morgan fingerprint density at radius 1 is 1.06 bits per heavy atom. The number of ether oxygens (including phenoxy) is 1. The molecule has 3 heterocycles. The molecule has 1 aromatic carbocycles. The second kappa shape index (κ2) is 8.79. The maximum Gasteiger partial charge on any atom is 0.295 e. The Labute approximate surface area is 179 Å². The summed E-state index contributed by atoms with van der Waals surface area (Å²) in [6, 6.07) is 13.1. The fourth-order valence-electron chi connectivity index (χ4n) is 3.67. The lowest BCUT2D eigenvalue weighted by Gasteiger charge is -2.25. The van der Waals surface area contributed by atoms with E-state index in [2.05, 4.69) is 9.97 Å². The molecule has 0 aliphatic carbocycles. The van der Waals surface area contributed by atoms with Crippen LogP contribution in [0, 0.1) is 0 Å². The van der Waals surface area contributed by atoms with Crippen LogP contribution in [0.3, 0.4) is 0 Å². The predicted molar refractivity (Wildman–Crippen MR) is 114 cm³/mol. The standard InChI is InChI=1S/C24H21N3O4/c1-2-31-19-7-3-5-17(13-19)22(28)20-21(18-6-4-10-26-14-18)27(24(30)23(20)29)15-16-8-11-25-12-9-16/h3-14,21,28H,2,15H2,1H3/b22-20-. The summed E-state index contributed by atoms with van der Waals surface area (Å²) >= 11 is 0. The molecule has 3 aromatic rings. The highest BCUT2D eigenvalue weighted by molar-refractivity contribution is 6.46. The number of carbonyl (C=O) groups excluding carboxylic acids is 2. The predicted octanol–water partition coefficient (Wildman–Crippen LogP) is 3.50. The summed E-state index contributed by atoms with van der Waals surface area (Å²) < 4.78 is 5.51. The maximum absolute atomic E-state index is 13.0. The molecule has 1 fully saturated rings. The van der Waals surface area contributed by atoms with E-state index < -0.39 is 17.7 Å². The first-order valence-corrected chi connectivity index (χ1v) is 9.90. The first kappa shape index (κ1) is 20.3. The number of hydrogen-bond acceptors (Lipinski definition) is 6. The van der Waals surface area contributed by atoms with Gasteiger partial charge in [0.15, 0.2) is 0 Å². The molecule has 1 N–H and O–H groups in total. The molecule has 1 atom stereocenters. The first-order valence-electron chi connectivity index (χ1n) is 9.90. The number of hydrogen-bond donors (Lipinski definition) is 1. The average Bonchev–Trinajstić information content (AvgIpc) is 3.05. The van der Waals surface area contributed by atoms with Crippen molar-refractivity contribution in [3.63, 3.8) is 0 Å². The van der Waals surface area contributed by atoms with Crippen molar-refractivity contribution in [1.82, 2.24) is 14.9 Å². The Hall–Kier alpha value is -4.00. The van der Waals surface area contributed by atoms with E-state index in [-0.39, 0.29) is 17.9 Å². The zero-order valence-electron chi connectivity index (χ0n) is 16.9. The largest absolute Gasteiger partial charge is 0.507 e. The van der Waals surface area contributed by atoms with Crippen LogP contribution in [0.2, 0.25) is 0 Å². The van der Waals surface area contributed by atoms with Crippen molar-refractivity contribution in [3.8, 4) is 5.75 Å². The van der Waals surface area contributed by atoms with Crippen LogP contribution < -0.4 is 4.74 Å². The van der Waals surface area contributed by atoms with Crippen molar-refractivity contribution in [2.24, 2.45) is 0 Å². The lowest BCUT2D eigenvalue weighted by Crippen LogP contribution is -2.29. The molecule has 156 valence electrons. The lowest BCUT2D eigenvalue weighted by atomic mass is 9.96. The molecule has 7 heteroatoms. The molecular formula is C24H21N3O4. The number of Topliss-reactive ketones (excluding diaryl/α,β-unsaturated/α-hetero) is 1. The SMILES string of the molecule is CCOc1cccc(/C(O)=C2/C(=O)C(=O)N(Cc3ccncc3)C2c2cccnc2)c1. The summed E-state index contributed by atoms with van der Waals surface area (Å²) in [6.07, 6.45) is 6.47. The normalized spacial score (nSPS) is 17.7. The Morgan fingerprint density at radius 3 is 2.58 bits per heavy atom. The van der Waals surface area contributed by atoms with Gasteiger partial charge in [-0.2, -0.15) is 0 Å². The van der Waals surface area contributed by atoms with Gasteiger partial charge in [0.25, 0.3) is 11.7 Å². The molecule has 1 amide bonds. The van der Waals surface area contributed by atoms with Gasteiger partial charge in [-0.15, -0.1) is 0 Å². The lowest BCUT2D eigenvalue weighted by molar-refractivity contribution is -0.140. The third kappa shape index (κ3) is 4.02. The highest BCUT2D eigenvalue weighted by atomic mass is 16.5. The molecule has 2 aromatic heterocycles. The molecule has 0 saturated carbocycles. The van der Waals surface area contributed by atoms with Crippen LogP contribution in [0.1, 0.15) is 29.7 Å². The second-order valence-electron chi connectivity index (χ2n) is 7.03. The van der Waals surface area contributed by atoms with Gasteiger partial charge in [-0.05, 0) is 48.4 Å². The van der Waals surface area contributed by atoms with Crippen molar-refractivity contribution >= 4 is 17.4 Å². The average molecular weight is 415 g/mol. The second-order valence-corrected chi connectivity index (χ2v) is 7.03. The molecule has 1 aliphatic heterocycles. The molecule has 1 unspecified atom stereocenters. The van der Waals surface area contributed by atoms with Gasteiger partial charge in [-0.3, -0.25) is 19.6 Å². The summed E-state index contributed by atoms with van der Waals surface area (Å²) in [7, 11) is 0. The Kier molecular flexibility index (Phi) is 5.75. The fraction of sp³-hybridized carbons (Fsp3) is 0.167. The van der Waals surface area contributed by atoms with Gasteiger partial charge in [0, 0.05) is 36.9 Å². The number of benzene rings is 1. The minimum Gasteiger partial charge on any atom is -0.507 e. The van der Waals surface area contributed by atoms with Crippen LogP contribution in [0.5, 0.6) is 5.75 Å². The monoisotopic (exact) mass is 415 g/mol. The number of ketones is 1. The Balaban J connectivity index is 1.83. The third-order valence-electron chi connectivity index (χ3n) is 5.06. The molecule has 1 aliphatic rings. The molecule has 4 rings (SSSR count). The van der Waals surface area contributed by atoms with E-state index in [4.69, 9.17) is 4.74 Å². The van der Waals surface area contributed by atoms with E-state index >= 15 is 0 Å². The molecule has 0 spiro atoms. The number of carbonyl (C=O) groups is 2. The summed E-state index contributed by atoms with van der Waals surface area (Å²) in [6.45, 7) is 2.53. The van der Waals surface area contributed by atoms with Gasteiger partial charge in [-0.1, -0.05) is 18.2 Å². The smallest absolute Gasteiger partial charge is 0.295 e. The van der Waals surface area contributed by atoms with Gasteiger partial charge in [0.05, 0.1) is 18.2 Å². The van der Waals surface area contributed by atoms with E-state index in [9.17, 15) is 14.7 Å². The van der Waals surface area contributed by atoms with Gasteiger partial charge in [-0.25, -0.2) is 0 Å². The summed E-state index contributed by atoms with van der Waals surface area (Å²) in [5.74, 6) is -1.09. The summed E-state index contributed by atoms with van der Waals surface area (Å²) in [4.78, 5) is 35.6. The first-order chi connectivity index (χ1) is 15.1. The van der Waals surface area contributed by atoms with Crippen LogP contribution in [-0.4, -0.2) is 38.3 Å². The minimum atomic E-state index is -0.766. The number of likely N-dealkylation sites (tertiary alicyclic amines) is 1. The van der Waals surface area contributed by atoms with Gasteiger partial charge >= 0.3 is 0 Å². The highest BCUT2D eigenvalue weighted by Crippen LogP contribution is 2.40. The molecular weight excluding hydrogens is 394 g/mol. The topological polar surface area (TPSA) is 92.6 Å². The van der Waals surface area contributed by atoms with Crippen molar-refractivity contribution in [2.45, 2.75) is 19.5 Å². The number of pyridine rings is 2. The van der Waals surface area contributed by atoms with Gasteiger partial charge < -0.3 is 14.7 Å². The van der Waals surface area contributed by atoms with Crippen molar-refractivity contribution in [1.29, 1.82) is 0 Å². The van der Waals surface area contributed by atoms with E-state index in [1.807, 2.05) is 6.92 Å². The van der Waals surface area contributed by atoms with Crippen LogP contribution in [0.4, 0.5) is 0 Å². The molecule has 31 heavy (non-hydrogen) atoms. The van der Waals surface area contributed by atoms with Crippen LogP contribution >= 0.6 is 0 Å². The number of aromatic nitrogens is 2. The zero-order chi connectivity index (χ0) is 21.8. The van der Waals surface area contributed by atoms with E-state index in [0.29, 0.717) is 23.5 Å². The molecule has 0 bridgehead atoms. The van der Waals surface area contributed by atoms with Crippen molar-refractivity contribution < 1.29 is 19.4 Å². The molecule has 0 radical (unpaired) electrons. The number of rotatable bonds is 6. The van der Waals surface area contributed by atoms with E-state index in [0.717, 1.165) is 5.56 Å². The maximum atomic E-state index is 13.0. The van der Waals surface area contributed by atoms with E-state index in [1.165, 1.54) is 4.90 Å². The third-order valence-corrected chi connectivity index (χ3v) is 5.06. The van der Waals surface area contributed by atoms with Crippen LogP contribution in [-0.2, 0) is 16.1 Å². The van der Waals surface area contributed by atoms with Gasteiger partial charge in [0.1, 0.15) is 11.5 Å².